The lowest BCUT2D eigenvalue weighted by Gasteiger charge is -2.13. The van der Waals surface area contributed by atoms with Crippen LogP contribution < -0.4 is 10.1 Å². The van der Waals surface area contributed by atoms with Crippen molar-refractivity contribution in [3.63, 3.8) is 0 Å². The van der Waals surface area contributed by atoms with E-state index in [1.807, 2.05) is 31.7 Å². The molecule has 0 saturated heterocycles. The third-order valence-corrected chi connectivity index (χ3v) is 3.40. The van der Waals surface area contributed by atoms with Crippen molar-refractivity contribution < 1.29 is 9.13 Å². The second-order valence-corrected chi connectivity index (χ2v) is 4.71. The van der Waals surface area contributed by atoms with Crippen molar-refractivity contribution in [1.82, 2.24) is 14.9 Å². The lowest BCUT2D eigenvalue weighted by Crippen LogP contribution is -2.14. The van der Waals surface area contributed by atoms with Crippen LogP contribution in [0.4, 0.5) is 4.39 Å². The van der Waals surface area contributed by atoms with E-state index in [2.05, 4.69) is 10.3 Å². The summed E-state index contributed by atoms with van der Waals surface area (Å²) in [5.74, 6) is 1.24. The van der Waals surface area contributed by atoms with Gasteiger partial charge in [0.1, 0.15) is 24.0 Å². The minimum Gasteiger partial charge on any atom is -0.492 e. The molecule has 0 aliphatic carbocycles. The highest BCUT2D eigenvalue weighted by Crippen LogP contribution is 2.21. The molecule has 108 valence electrons. The number of aryl methyl sites for hydroxylation is 1. The molecule has 1 atom stereocenters. The number of hydrogen-bond donors (Lipinski definition) is 1. The first kappa shape index (κ1) is 14.5. The molecule has 0 amide bonds. The van der Waals surface area contributed by atoms with Crippen molar-refractivity contribution in [2.45, 2.75) is 26.4 Å². The van der Waals surface area contributed by atoms with Gasteiger partial charge in [-0.15, -0.1) is 0 Å². The lowest BCUT2D eigenvalue weighted by atomic mass is 10.1. The molecule has 2 rings (SSSR count). The van der Waals surface area contributed by atoms with Gasteiger partial charge in [-0.2, -0.15) is 0 Å². The SMILES string of the molecule is CNC(C)c1ccc(OCCn2ccnc2C)cc1F. The Morgan fingerprint density at radius 3 is 2.85 bits per heavy atom. The molecule has 1 aromatic heterocycles. The molecule has 0 saturated carbocycles. The number of ether oxygens (including phenoxy) is 1. The van der Waals surface area contributed by atoms with Gasteiger partial charge >= 0.3 is 0 Å². The summed E-state index contributed by atoms with van der Waals surface area (Å²) in [7, 11) is 1.81. The lowest BCUT2D eigenvalue weighted by molar-refractivity contribution is 0.295. The van der Waals surface area contributed by atoms with Gasteiger partial charge in [-0.05, 0) is 27.0 Å². The van der Waals surface area contributed by atoms with Crippen molar-refractivity contribution in [3.8, 4) is 5.75 Å². The summed E-state index contributed by atoms with van der Waals surface area (Å²) in [4.78, 5) is 4.14. The average Bonchev–Trinajstić information content (AvgIpc) is 2.84. The zero-order valence-electron chi connectivity index (χ0n) is 12.1. The summed E-state index contributed by atoms with van der Waals surface area (Å²) in [5, 5.41) is 3.02. The first-order valence-electron chi connectivity index (χ1n) is 6.69. The summed E-state index contributed by atoms with van der Waals surface area (Å²) >= 11 is 0. The van der Waals surface area contributed by atoms with Crippen molar-refractivity contribution in [2.24, 2.45) is 0 Å². The number of halogens is 1. The second kappa shape index (κ2) is 6.52. The largest absolute Gasteiger partial charge is 0.492 e. The minimum absolute atomic E-state index is 0.0161. The molecular formula is C15H20FN3O. The van der Waals surface area contributed by atoms with Crippen molar-refractivity contribution in [3.05, 3.63) is 47.8 Å². The van der Waals surface area contributed by atoms with E-state index in [-0.39, 0.29) is 11.9 Å². The number of nitrogens with zero attached hydrogens (tertiary/aromatic N) is 2. The van der Waals surface area contributed by atoms with Crippen LogP contribution in [0.2, 0.25) is 0 Å². The monoisotopic (exact) mass is 277 g/mol. The number of hydrogen-bond acceptors (Lipinski definition) is 3. The Bertz CT molecular complexity index is 568. The number of imidazole rings is 1. The highest BCUT2D eigenvalue weighted by molar-refractivity contribution is 5.30. The van der Waals surface area contributed by atoms with Crippen LogP contribution in [0.3, 0.4) is 0 Å². The molecule has 0 fully saturated rings. The van der Waals surface area contributed by atoms with E-state index in [1.165, 1.54) is 6.07 Å². The van der Waals surface area contributed by atoms with Gasteiger partial charge in [0.05, 0.1) is 6.54 Å². The van der Waals surface area contributed by atoms with Gasteiger partial charge in [0, 0.05) is 30.1 Å². The van der Waals surface area contributed by atoms with Gasteiger partial charge < -0.3 is 14.6 Å². The Balaban J connectivity index is 1.94. The van der Waals surface area contributed by atoms with E-state index in [1.54, 1.807) is 18.3 Å². The minimum atomic E-state index is -0.247. The molecule has 0 aliphatic rings. The number of aromatic nitrogens is 2. The molecule has 5 heteroatoms. The topological polar surface area (TPSA) is 39.1 Å². The molecule has 0 bridgehead atoms. The zero-order valence-corrected chi connectivity index (χ0v) is 12.1. The van der Waals surface area contributed by atoms with Crippen LogP contribution >= 0.6 is 0 Å². The first-order valence-corrected chi connectivity index (χ1v) is 6.69. The van der Waals surface area contributed by atoms with Crippen molar-refractivity contribution in [2.75, 3.05) is 13.7 Å². The van der Waals surface area contributed by atoms with E-state index in [0.717, 1.165) is 5.82 Å². The van der Waals surface area contributed by atoms with Crippen LogP contribution in [0, 0.1) is 12.7 Å². The fourth-order valence-corrected chi connectivity index (χ4v) is 2.01. The molecular weight excluding hydrogens is 257 g/mol. The van der Waals surface area contributed by atoms with Gasteiger partial charge in [0.25, 0.3) is 0 Å². The van der Waals surface area contributed by atoms with E-state index in [0.29, 0.717) is 24.5 Å². The molecule has 0 spiro atoms. The van der Waals surface area contributed by atoms with Crippen LogP contribution in [-0.2, 0) is 6.54 Å². The van der Waals surface area contributed by atoms with E-state index < -0.39 is 0 Å². The normalized spacial score (nSPS) is 12.4. The van der Waals surface area contributed by atoms with E-state index in [9.17, 15) is 4.39 Å². The zero-order chi connectivity index (χ0) is 14.5. The summed E-state index contributed by atoms with van der Waals surface area (Å²) < 4.78 is 21.5. The van der Waals surface area contributed by atoms with Crippen molar-refractivity contribution >= 4 is 0 Å². The second-order valence-electron chi connectivity index (χ2n) is 4.71. The number of benzene rings is 1. The summed E-state index contributed by atoms with van der Waals surface area (Å²) in [6.07, 6.45) is 3.65. The van der Waals surface area contributed by atoms with Crippen LogP contribution in [-0.4, -0.2) is 23.2 Å². The van der Waals surface area contributed by atoms with Gasteiger partial charge in [-0.25, -0.2) is 9.37 Å². The van der Waals surface area contributed by atoms with Crippen LogP contribution in [0.1, 0.15) is 24.4 Å². The summed E-state index contributed by atoms with van der Waals surface area (Å²) in [6, 6.07) is 4.98. The Hall–Kier alpha value is -1.88. The van der Waals surface area contributed by atoms with E-state index in [4.69, 9.17) is 4.74 Å². The maximum Gasteiger partial charge on any atom is 0.131 e. The number of nitrogens with one attached hydrogen (secondary N) is 1. The molecule has 4 nitrogen and oxygen atoms in total. The highest BCUT2D eigenvalue weighted by atomic mass is 19.1. The van der Waals surface area contributed by atoms with Gasteiger partial charge in [0.2, 0.25) is 0 Å². The van der Waals surface area contributed by atoms with Gasteiger partial charge in [-0.1, -0.05) is 6.07 Å². The van der Waals surface area contributed by atoms with Gasteiger partial charge in [-0.3, -0.25) is 0 Å². The highest BCUT2D eigenvalue weighted by Gasteiger charge is 2.10. The van der Waals surface area contributed by atoms with Crippen molar-refractivity contribution in [1.29, 1.82) is 0 Å². The third kappa shape index (κ3) is 3.36. The smallest absolute Gasteiger partial charge is 0.131 e. The number of rotatable bonds is 6. The fraction of sp³-hybridized carbons (Fsp3) is 0.400. The van der Waals surface area contributed by atoms with Crippen LogP contribution in [0.5, 0.6) is 5.75 Å². The summed E-state index contributed by atoms with van der Waals surface area (Å²) in [6.45, 7) is 5.04. The summed E-state index contributed by atoms with van der Waals surface area (Å²) in [5.41, 5.74) is 0.644. The van der Waals surface area contributed by atoms with Crippen LogP contribution in [0.15, 0.2) is 30.6 Å². The Labute approximate surface area is 118 Å². The molecule has 1 aromatic carbocycles. The molecule has 0 aliphatic heterocycles. The van der Waals surface area contributed by atoms with Crippen LogP contribution in [0.25, 0.3) is 0 Å². The molecule has 20 heavy (non-hydrogen) atoms. The standard InChI is InChI=1S/C15H20FN3O/c1-11(17-3)14-5-4-13(10-15(14)16)20-9-8-19-7-6-18-12(19)2/h4-7,10-11,17H,8-9H2,1-3H3. The Kier molecular flexibility index (Phi) is 4.74. The van der Waals surface area contributed by atoms with Gasteiger partial charge in [0.15, 0.2) is 0 Å². The molecule has 1 N–H and O–H groups in total. The molecule has 1 heterocycles. The fourth-order valence-electron chi connectivity index (χ4n) is 2.01. The maximum atomic E-state index is 13.9. The maximum absolute atomic E-state index is 13.9. The first-order chi connectivity index (χ1) is 9.61. The quantitative estimate of drug-likeness (QED) is 0.882. The predicted octanol–water partition coefficient (Wildman–Crippen LogP) is 2.69. The van der Waals surface area contributed by atoms with E-state index >= 15 is 0 Å². The third-order valence-electron chi connectivity index (χ3n) is 3.40. The Morgan fingerprint density at radius 2 is 2.25 bits per heavy atom. The molecule has 2 aromatic rings. The molecule has 1 unspecified atom stereocenters. The Morgan fingerprint density at radius 1 is 1.45 bits per heavy atom. The molecule has 0 radical (unpaired) electrons. The average molecular weight is 277 g/mol. The predicted molar refractivity (Wildman–Crippen MR) is 76.3 cm³/mol.